The van der Waals surface area contributed by atoms with E-state index in [1.54, 1.807) is 6.08 Å². The van der Waals surface area contributed by atoms with Crippen LogP contribution in [0.2, 0.25) is 5.15 Å². The third-order valence-corrected chi connectivity index (χ3v) is 6.22. The predicted octanol–water partition coefficient (Wildman–Crippen LogP) is 3.40. The quantitative estimate of drug-likeness (QED) is 0.571. The number of amides is 2. The fourth-order valence-electron chi connectivity index (χ4n) is 3.65. The lowest BCUT2D eigenvalue weighted by Crippen LogP contribution is -2.40. The van der Waals surface area contributed by atoms with Gasteiger partial charge in [0.25, 0.3) is 0 Å². The molecule has 1 fully saturated rings. The minimum absolute atomic E-state index is 0.0660. The second-order valence-corrected chi connectivity index (χ2v) is 8.57. The molecular weight excluding hydrogens is 422 g/mol. The van der Waals surface area contributed by atoms with Crippen LogP contribution in [0.4, 0.5) is 5.69 Å². The van der Waals surface area contributed by atoms with Crippen LogP contribution in [0.15, 0.2) is 41.9 Å². The number of nitrogens with one attached hydrogen (secondary N) is 1. The molecule has 30 heavy (non-hydrogen) atoms. The molecule has 0 bridgehead atoms. The number of benzene rings is 1. The van der Waals surface area contributed by atoms with E-state index in [0.717, 1.165) is 36.5 Å². The summed E-state index contributed by atoms with van der Waals surface area (Å²) >= 11 is 7.62. The highest BCUT2D eigenvalue weighted by atomic mass is 35.5. The van der Waals surface area contributed by atoms with Crippen molar-refractivity contribution in [2.24, 2.45) is 11.7 Å². The Morgan fingerprint density at radius 3 is 2.90 bits per heavy atom. The first kappa shape index (κ1) is 20.6. The molecule has 0 radical (unpaired) electrons. The summed E-state index contributed by atoms with van der Waals surface area (Å²) < 4.78 is 1.84. The molecule has 2 aromatic heterocycles. The van der Waals surface area contributed by atoms with Crippen LogP contribution in [0.3, 0.4) is 0 Å². The zero-order valence-corrected chi connectivity index (χ0v) is 17.8. The molecule has 1 atom stereocenters. The highest BCUT2D eigenvalue weighted by molar-refractivity contribution is 7.15. The van der Waals surface area contributed by atoms with Gasteiger partial charge in [-0.2, -0.15) is 0 Å². The summed E-state index contributed by atoms with van der Waals surface area (Å²) in [4.78, 5) is 31.0. The highest BCUT2D eigenvalue weighted by Crippen LogP contribution is 2.23. The van der Waals surface area contributed by atoms with Crippen LogP contribution < -0.4 is 11.1 Å². The molecule has 1 saturated heterocycles. The van der Waals surface area contributed by atoms with E-state index < -0.39 is 0 Å². The summed E-state index contributed by atoms with van der Waals surface area (Å²) in [6, 6.07) is 7.71. The normalized spacial score (nSPS) is 17.6. The topological polar surface area (TPSA) is 92.7 Å². The van der Waals surface area contributed by atoms with Gasteiger partial charge in [-0.25, -0.2) is 4.98 Å². The molecular formula is C21H22ClN5O2S. The van der Waals surface area contributed by atoms with Crippen molar-refractivity contribution in [2.75, 3.05) is 18.4 Å². The number of aromatic nitrogens is 2. The van der Waals surface area contributed by atoms with Crippen molar-refractivity contribution >= 4 is 51.5 Å². The number of fused-ring (bicyclic) bond motifs is 1. The van der Waals surface area contributed by atoms with Crippen molar-refractivity contribution < 1.29 is 9.59 Å². The first-order valence-corrected chi connectivity index (χ1v) is 11.0. The molecule has 1 aliphatic heterocycles. The summed E-state index contributed by atoms with van der Waals surface area (Å²) in [6.07, 6.45) is 6.81. The van der Waals surface area contributed by atoms with Crippen LogP contribution in [0, 0.1) is 5.92 Å². The van der Waals surface area contributed by atoms with Crippen molar-refractivity contribution in [1.82, 2.24) is 14.3 Å². The van der Waals surface area contributed by atoms with Crippen LogP contribution in [-0.4, -0.2) is 39.2 Å². The summed E-state index contributed by atoms with van der Waals surface area (Å²) in [7, 11) is 0. The fourth-order valence-corrected chi connectivity index (χ4v) is 4.65. The van der Waals surface area contributed by atoms with E-state index in [4.69, 9.17) is 17.3 Å². The average molecular weight is 444 g/mol. The number of imidazole rings is 1. The van der Waals surface area contributed by atoms with Crippen LogP contribution in [0.1, 0.15) is 24.1 Å². The molecule has 9 heteroatoms. The summed E-state index contributed by atoms with van der Waals surface area (Å²) in [5.74, 6) is -0.532. The third-order valence-electron chi connectivity index (χ3n) is 5.18. The van der Waals surface area contributed by atoms with Gasteiger partial charge in [-0.1, -0.05) is 23.7 Å². The molecule has 1 aliphatic rings. The third kappa shape index (κ3) is 4.72. The molecule has 1 aromatic carbocycles. The molecule has 156 valence electrons. The number of carbonyl (C=O) groups is 2. The maximum absolute atomic E-state index is 12.3. The van der Waals surface area contributed by atoms with Gasteiger partial charge in [-0.3, -0.25) is 18.9 Å². The first-order valence-electron chi connectivity index (χ1n) is 9.70. The number of nitrogens with two attached hydrogens (primary N) is 1. The monoisotopic (exact) mass is 443 g/mol. The van der Waals surface area contributed by atoms with Gasteiger partial charge in [0, 0.05) is 36.4 Å². The molecule has 0 saturated carbocycles. The Labute approximate surface area is 183 Å². The van der Waals surface area contributed by atoms with Gasteiger partial charge in [0.15, 0.2) is 10.1 Å². The zero-order chi connectivity index (χ0) is 21.1. The van der Waals surface area contributed by atoms with E-state index in [0.29, 0.717) is 23.1 Å². The number of piperidine rings is 1. The van der Waals surface area contributed by atoms with E-state index in [-0.39, 0.29) is 17.7 Å². The van der Waals surface area contributed by atoms with Crippen molar-refractivity contribution in [3.05, 3.63) is 58.3 Å². The van der Waals surface area contributed by atoms with Gasteiger partial charge < -0.3 is 11.1 Å². The summed E-state index contributed by atoms with van der Waals surface area (Å²) in [5, 5.41) is 5.13. The Morgan fingerprint density at radius 2 is 2.13 bits per heavy atom. The molecule has 4 rings (SSSR count). The number of thiazole rings is 1. The predicted molar refractivity (Wildman–Crippen MR) is 119 cm³/mol. The second kappa shape index (κ2) is 8.99. The van der Waals surface area contributed by atoms with Crippen molar-refractivity contribution in [2.45, 2.75) is 19.4 Å². The van der Waals surface area contributed by atoms with Gasteiger partial charge in [0.2, 0.25) is 11.8 Å². The second-order valence-electron chi connectivity index (χ2n) is 7.34. The van der Waals surface area contributed by atoms with Gasteiger partial charge in [0.05, 0.1) is 11.6 Å². The Bertz CT molecular complexity index is 1090. The lowest BCUT2D eigenvalue weighted by Gasteiger charge is -2.31. The number of hydrogen-bond donors (Lipinski definition) is 2. The van der Waals surface area contributed by atoms with Gasteiger partial charge in [-0.15, -0.1) is 11.3 Å². The Kier molecular flexibility index (Phi) is 6.17. The maximum Gasteiger partial charge on any atom is 0.248 e. The first-order chi connectivity index (χ1) is 14.5. The molecule has 3 aromatic rings. The lowest BCUT2D eigenvalue weighted by molar-refractivity contribution is -0.123. The number of primary amides is 1. The van der Waals surface area contributed by atoms with Crippen LogP contribution in [-0.2, 0) is 16.1 Å². The average Bonchev–Trinajstić information content (AvgIpc) is 3.29. The van der Waals surface area contributed by atoms with Gasteiger partial charge in [-0.05, 0) is 43.2 Å². The standard InChI is InChI=1S/C21H22ClN5O2S/c22-19-17(27-10-11-30-21(27)25-19)7-8-18(28)24-16-5-3-14(4-6-16)12-26-9-1-2-15(13-26)20(23)29/h3-8,10-11,15H,1-2,9,12-13H2,(H2,23,29)(H,24,28)/b8-7+. The molecule has 2 amide bonds. The fraction of sp³-hybridized carbons (Fsp3) is 0.286. The van der Waals surface area contributed by atoms with Crippen molar-refractivity contribution in [1.29, 1.82) is 0 Å². The van der Waals surface area contributed by atoms with E-state index in [1.807, 2.05) is 40.2 Å². The largest absolute Gasteiger partial charge is 0.369 e. The Hall–Kier alpha value is -2.68. The van der Waals surface area contributed by atoms with Gasteiger partial charge >= 0.3 is 0 Å². The summed E-state index contributed by atoms with van der Waals surface area (Å²) in [5.41, 5.74) is 7.96. The van der Waals surface area contributed by atoms with E-state index in [1.165, 1.54) is 17.4 Å². The van der Waals surface area contributed by atoms with E-state index in [9.17, 15) is 9.59 Å². The number of halogens is 1. The van der Waals surface area contributed by atoms with Gasteiger partial charge in [0.1, 0.15) is 0 Å². The van der Waals surface area contributed by atoms with Crippen LogP contribution in [0.25, 0.3) is 11.0 Å². The number of anilines is 1. The minimum Gasteiger partial charge on any atom is -0.369 e. The van der Waals surface area contributed by atoms with E-state index >= 15 is 0 Å². The van der Waals surface area contributed by atoms with Crippen LogP contribution >= 0.6 is 22.9 Å². The maximum atomic E-state index is 12.3. The Morgan fingerprint density at radius 1 is 1.33 bits per heavy atom. The number of hydrogen-bond acceptors (Lipinski definition) is 5. The Balaban J connectivity index is 1.34. The van der Waals surface area contributed by atoms with Crippen LogP contribution in [0.5, 0.6) is 0 Å². The zero-order valence-electron chi connectivity index (χ0n) is 16.3. The molecule has 7 nitrogen and oxygen atoms in total. The molecule has 3 N–H and O–H groups in total. The molecule has 3 heterocycles. The molecule has 0 aliphatic carbocycles. The minimum atomic E-state index is -0.246. The smallest absolute Gasteiger partial charge is 0.248 e. The van der Waals surface area contributed by atoms with Crippen molar-refractivity contribution in [3.8, 4) is 0 Å². The number of likely N-dealkylation sites (tertiary alicyclic amines) is 1. The van der Waals surface area contributed by atoms with E-state index in [2.05, 4.69) is 15.2 Å². The number of nitrogens with zero attached hydrogens (tertiary/aromatic N) is 3. The SMILES string of the molecule is NC(=O)C1CCCN(Cc2ccc(NC(=O)/C=C/c3c(Cl)nc4sccn34)cc2)C1. The number of carbonyl (C=O) groups excluding carboxylic acids is 2. The van der Waals surface area contributed by atoms with Crippen molar-refractivity contribution in [3.63, 3.8) is 0 Å². The molecule has 1 unspecified atom stereocenters. The summed E-state index contributed by atoms with van der Waals surface area (Å²) in [6.45, 7) is 2.42. The lowest BCUT2D eigenvalue weighted by atomic mass is 9.97. The number of rotatable bonds is 6. The highest BCUT2D eigenvalue weighted by Gasteiger charge is 2.23. The molecule has 0 spiro atoms.